The fourth-order valence-corrected chi connectivity index (χ4v) is 2.48. The van der Waals surface area contributed by atoms with Gasteiger partial charge in [-0.05, 0) is 50.1 Å². The van der Waals surface area contributed by atoms with Crippen LogP contribution in [-0.4, -0.2) is 5.91 Å². The van der Waals surface area contributed by atoms with E-state index in [2.05, 4.69) is 5.32 Å². The number of benzene rings is 2. The molecule has 0 radical (unpaired) electrons. The summed E-state index contributed by atoms with van der Waals surface area (Å²) in [6, 6.07) is 8.53. The Morgan fingerprint density at radius 3 is 2.29 bits per heavy atom. The van der Waals surface area contributed by atoms with Crippen LogP contribution in [0.4, 0.5) is 14.5 Å². The van der Waals surface area contributed by atoms with Crippen LogP contribution >= 0.6 is 0 Å². The van der Waals surface area contributed by atoms with Crippen LogP contribution < -0.4 is 5.32 Å². The van der Waals surface area contributed by atoms with Crippen LogP contribution in [-0.2, 0) is 4.79 Å². The third-order valence-corrected chi connectivity index (χ3v) is 3.54. The number of nitrogens with zero attached hydrogens (tertiary/aromatic N) is 1. The van der Waals surface area contributed by atoms with Gasteiger partial charge in [0.15, 0.2) is 0 Å². The van der Waals surface area contributed by atoms with Gasteiger partial charge in [0.05, 0.1) is 0 Å². The summed E-state index contributed by atoms with van der Waals surface area (Å²) in [7, 11) is 0. The lowest BCUT2D eigenvalue weighted by atomic mass is 10.0. The smallest absolute Gasteiger partial charge is 0.266 e. The third kappa shape index (κ3) is 3.85. The van der Waals surface area contributed by atoms with Crippen LogP contribution in [0.25, 0.3) is 6.08 Å². The molecular weight excluding hydrogens is 310 g/mol. The van der Waals surface area contributed by atoms with Crippen LogP contribution in [0.2, 0.25) is 0 Å². The molecule has 2 rings (SSSR count). The minimum atomic E-state index is -0.835. The molecule has 0 fully saturated rings. The SMILES string of the molecule is Cc1cc(C)c(NC(=O)/C(C#N)=C/c2ccc(F)cc2F)c(C)c1. The molecule has 0 aliphatic rings. The summed E-state index contributed by atoms with van der Waals surface area (Å²) in [6.07, 6.45) is 1.10. The highest BCUT2D eigenvalue weighted by molar-refractivity contribution is 6.10. The van der Waals surface area contributed by atoms with Gasteiger partial charge in [0.2, 0.25) is 0 Å². The zero-order valence-electron chi connectivity index (χ0n) is 13.6. The molecule has 0 spiro atoms. The Bertz CT molecular complexity index is 856. The quantitative estimate of drug-likeness (QED) is 0.670. The molecule has 0 unspecified atom stereocenters. The van der Waals surface area contributed by atoms with Gasteiger partial charge in [0.1, 0.15) is 23.3 Å². The van der Waals surface area contributed by atoms with E-state index in [4.69, 9.17) is 0 Å². The highest BCUT2D eigenvalue weighted by Gasteiger charge is 2.14. The molecule has 1 amide bonds. The van der Waals surface area contributed by atoms with Crippen molar-refractivity contribution < 1.29 is 13.6 Å². The van der Waals surface area contributed by atoms with E-state index in [1.807, 2.05) is 32.9 Å². The molecule has 2 aromatic carbocycles. The standard InChI is InChI=1S/C19H16F2N2O/c1-11-6-12(2)18(13(3)7-11)23-19(24)15(10-22)8-14-4-5-16(20)9-17(14)21/h4-9H,1-3H3,(H,23,24)/b15-8+. The van der Waals surface area contributed by atoms with E-state index < -0.39 is 17.5 Å². The normalized spacial score (nSPS) is 11.1. The first kappa shape index (κ1) is 17.4. The number of halogens is 2. The lowest BCUT2D eigenvalue weighted by Gasteiger charge is -2.12. The minimum Gasteiger partial charge on any atom is -0.321 e. The van der Waals surface area contributed by atoms with Gasteiger partial charge in [0.25, 0.3) is 5.91 Å². The number of amides is 1. The molecule has 0 bridgehead atoms. The molecule has 0 aromatic heterocycles. The highest BCUT2D eigenvalue weighted by Crippen LogP contribution is 2.23. The van der Waals surface area contributed by atoms with Gasteiger partial charge in [-0.25, -0.2) is 8.78 Å². The summed E-state index contributed by atoms with van der Waals surface area (Å²) < 4.78 is 26.6. The average Bonchev–Trinajstić information content (AvgIpc) is 2.50. The van der Waals surface area contributed by atoms with Crippen molar-refractivity contribution in [2.75, 3.05) is 5.32 Å². The summed E-state index contributed by atoms with van der Waals surface area (Å²) in [4.78, 5) is 12.3. The minimum absolute atomic E-state index is 0.0274. The largest absolute Gasteiger partial charge is 0.321 e. The number of hydrogen-bond acceptors (Lipinski definition) is 2. The molecule has 3 nitrogen and oxygen atoms in total. The van der Waals surface area contributed by atoms with E-state index in [9.17, 15) is 18.8 Å². The topological polar surface area (TPSA) is 52.9 Å². The first-order valence-corrected chi connectivity index (χ1v) is 7.28. The molecule has 0 aliphatic carbocycles. The molecule has 0 saturated heterocycles. The van der Waals surface area contributed by atoms with Crippen molar-refractivity contribution >= 4 is 17.7 Å². The average molecular weight is 326 g/mol. The third-order valence-electron chi connectivity index (χ3n) is 3.54. The number of carbonyl (C=O) groups excluding carboxylic acids is 1. The maximum atomic E-state index is 13.7. The van der Waals surface area contributed by atoms with Gasteiger partial charge >= 0.3 is 0 Å². The number of anilines is 1. The van der Waals surface area contributed by atoms with Crippen molar-refractivity contribution in [1.82, 2.24) is 0 Å². The Hall–Kier alpha value is -3.00. The second-order valence-electron chi connectivity index (χ2n) is 5.56. The molecule has 24 heavy (non-hydrogen) atoms. The number of rotatable bonds is 3. The molecule has 1 N–H and O–H groups in total. The lowest BCUT2D eigenvalue weighted by Crippen LogP contribution is -2.15. The summed E-state index contributed by atoms with van der Waals surface area (Å²) in [5.41, 5.74) is 3.12. The number of hydrogen-bond donors (Lipinski definition) is 1. The van der Waals surface area contributed by atoms with Gasteiger partial charge in [-0.3, -0.25) is 4.79 Å². The second kappa shape index (κ2) is 7.05. The Labute approximate surface area is 139 Å². The van der Waals surface area contributed by atoms with Crippen LogP contribution in [0.1, 0.15) is 22.3 Å². The van der Waals surface area contributed by atoms with Crippen LogP contribution in [0.5, 0.6) is 0 Å². The summed E-state index contributed by atoms with van der Waals surface area (Å²) in [6.45, 7) is 5.65. The Balaban J connectivity index is 2.33. The first-order valence-electron chi connectivity index (χ1n) is 7.28. The second-order valence-corrected chi connectivity index (χ2v) is 5.56. The highest BCUT2D eigenvalue weighted by atomic mass is 19.1. The van der Waals surface area contributed by atoms with E-state index in [1.165, 1.54) is 6.07 Å². The maximum absolute atomic E-state index is 13.7. The molecule has 122 valence electrons. The van der Waals surface area contributed by atoms with Gasteiger partial charge in [-0.1, -0.05) is 17.7 Å². The first-order chi connectivity index (χ1) is 11.3. The van der Waals surface area contributed by atoms with E-state index >= 15 is 0 Å². The van der Waals surface area contributed by atoms with Gasteiger partial charge < -0.3 is 5.32 Å². The Morgan fingerprint density at radius 2 is 1.75 bits per heavy atom. The van der Waals surface area contributed by atoms with Crippen LogP contribution in [0, 0.1) is 43.7 Å². The molecule has 0 saturated carbocycles. The molecule has 0 heterocycles. The Kier molecular flexibility index (Phi) is 5.10. The van der Waals surface area contributed by atoms with Crippen molar-refractivity contribution in [2.45, 2.75) is 20.8 Å². The summed E-state index contributed by atoms with van der Waals surface area (Å²) in [5.74, 6) is -2.20. The monoisotopic (exact) mass is 326 g/mol. The van der Waals surface area contributed by atoms with E-state index in [1.54, 1.807) is 6.07 Å². The van der Waals surface area contributed by atoms with Gasteiger partial charge in [-0.15, -0.1) is 0 Å². The lowest BCUT2D eigenvalue weighted by molar-refractivity contribution is -0.112. The summed E-state index contributed by atoms with van der Waals surface area (Å²) >= 11 is 0. The van der Waals surface area contributed by atoms with E-state index in [-0.39, 0.29) is 11.1 Å². The number of aryl methyl sites for hydroxylation is 3. The number of carbonyl (C=O) groups is 1. The molecule has 0 atom stereocenters. The summed E-state index contributed by atoms with van der Waals surface area (Å²) in [5, 5.41) is 11.9. The van der Waals surface area contributed by atoms with Crippen molar-refractivity contribution in [2.24, 2.45) is 0 Å². The van der Waals surface area contributed by atoms with Crippen molar-refractivity contribution in [3.05, 3.63) is 69.8 Å². The fraction of sp³-hybridized carbons (Fsp3) is 0.158. The molecule has 5 heteroatoms. The van der Waals surface area contributed by atoms with Crippen LogP contribution in [0.3, 0.4) is 0 Å². The fourth-order valence-electron chi connectivity index (χ4n) is 2.48. The van der Waals surface area contributed by atoms with Gasteiger partial charge in [0, 0.05) is 17.3 Å². The predicted octanol–water partition coefficient (Wildman–Crippen LogP) is 4.44. The van der Waals surface area contributed by atoms with Gasteiger partial charge in [-0.2, -0.15) is 5.26 Å². The number of nitrogens with one attached hydrogen (secondary N) is 1. The van der Waals surface area contributed by atoms with E-state index in [0.717, 1.165) is 28.8 Å². The Morgan fingerprint density at radius 1 is 1.12 bits per heavy atom. The van der Waals surface area contributed by atoms with Crippen molar-refractivity contribution in [3.63, 3.8) is 0 Å². The van der Waals surface area contributed by atoms with Crippen molar-refractivity contribution in [1.29, 1.82) is 5.26 Å². The predicted molar refractivity (Wildman–Crippen MR) is 89.2 cm³/mol. The molecule has 0 aliphatic heterocycles. The zero-order valence-corrected chi connectivity index (χ0v) is 13.6. The van der Waals surface area contributed by atoms with E-state index in [0.29, 0.717) is 11.8 Å². The van der Waals surface area contributed by atoms with Crippen molar-refractivity contribution in [3.8, 4) is 6.07 Å². The molecule has 2 aromatic rings. The molecular formula is C19H16F2N2O. The maximum Gasteiger partial charge on any atom is 0.266 e. The van der Waals surface area contributed by atoms with Crippen LogP contribution in [0.15, 0.2) is 35.9 Å². The zero-order chi connectivity index (χ0) is 17.9. The number of nitriles is 1.